The molecule has 1 atom stereocenters. The largest absolute Gasteiger partial charge is 0.486 e. The van der Waals surface area contributed by atoms with Crippen LogP contribution < -0.4 is 14.2 Å². The van der Waals surface area contributed by atoms with Gasteiger partial charge in [-0.25, -0.2) is 13.1 Å². The Labute approximate surface area is 114 Å². The quantitative estimate of drug-likeness (QED) is 0.917. The maximum atomic E-state index is 12.3. The smallest absolute Gasteiger partial charge is 0.241 e. The fraction of sp³-hybridized carbons (Fsp3) is 0.538. The van der Waals surface area contributed by atoms with Crippen molar-refractivity contribution < 1.29 is 17.9 Å². The molecule has 19 heavy (non-hydrogen) atoms. The Kier molecular flexibility index (Phi) is 4.01. The van der Waals surface area contributed by atoms with E-state index in [1.807, 2.05) is 13.8 Å². The highest BCUT2D eigenvalue weighted by Crippen LogP contribution is 2.34. The number of aryl methyl sites for hydroxylation is 1. The highest BCUT2D eigenvalue weighted by Gasteiger charge is 2.23. The van der Waals surface area contributed by atoms with E-state index in [0.717, 1.165) is 6.42 Å². The zero-order valence-electron chi connectivity index (χ0n) is 11.4. The van der Waals surface area contributed by atoms with Gasteiger partial charge in [-0.2, -0.15) is 0 Å². The van der Waals surface area contributed by atoms with Crippen molar-refractivity contribution in [3.8, 4) is 11.5 Å². The molecule has 0 fully saturated rings. The number of hydrogen-bond donors (Lipinski definition) is 1. The molecule has 1 N–H and O–H groups in total. The Morgan fingerprint density at radius 3 is 2.42 bits per heavy atom. The SMILES string of the molecule is CCC(C)NS(=O)(=O)c1cc2c(cc1C)OCCO2. The first-order valence-corrected chi connectivity index (χ1v) is 7.85. The van der Waals surface area contributed by atoms with Crippen molar-refractivity contribution in [2.24, 2.45) is 0 Å². The Bertz CT molecular complexity index is 568. The van der Waals surface area contributed by atoms with Gasteiger partial charge in [0.05, 0.1) is 4.90 Å². The number of nitrogens with one attached hydrogen (secondary N) is 1. The van der Waals surface area contributed by atoms with Crippen LogP contribution >= 0.6 is 0 Å². The third kappa shape index (κ3) is 3.01. The second-order valence-corrected chi connectivity index (χ2v) is 6.37. The van der Waals surface area contributed by atoms with Crippen LogP contribution in [0.2, 0.25) is 0 Å². The molecular weight excluding hydrogens is 266 g/mol. The number of sulfonamides is 1. The molecule has 0 bridgehead atoms. The van der Waals surface area contributed by atoms with Crippen molar-refractivity contribution in [2.75, 3.05) is 13.2 Å². The van der Waals surface area contributed by atoms with E-state index in [1.165, 1.54) is 6.07 Å². The lowest BCUT2D eigenvalue weighted by Gasteiger charge is -2.21. The molecule has 1 aromatic carbocycles. The van der Waals surface area contributed by atoms with Gasteiger partial charge in [0.15, 0.2) is 11.5 Å². The lowest BCUT2D eigenvalue weighted by atomic mass is 10.2. The molecule has 2 rings (SSSR count). The van der Waals surface area contributed by atoms with Crippen LogP contribution in [-0.4, -0.2) is 27.7 Å². The van der Waals surface area contributed by atoms with Crippen LogP contribution in [0.4, 0.5) is 0 Å². The Morgan fingerprint density at radius 1 is 1.26 bits per heavy atom. The number of hydrogen-bond acceptors (Lipinski definition) is 4. The number of rotatable bonds is 4. The summed E-state index contributed by atoms with van der Waals surface area (Å²) in [4.78, 5) is 0.247. The van der Waals surface area contributed by atoms with Crippen molar-refractivity contribution in [1.29, 1.82) is 0 Å². The predicted molar refractivity (Wildman–Crippen MR) is 72.2 cm³/mol. The lowest BCUT2D eigenvalue weighted by Crippen LogP contribution is -2.32. The van der Waals surface area contributed by atoms with E-state index in [-0.39, 0.29) is 10.9 Å². The average molecular weight is 285 g/mol. The topological polar surface area (TPSA) is 64.6 Å². The van der Waals surface area contributed by atoms with E-state index in [2.05, 4.69) is 4.72 Å². The minimum absolute atomic E-state index is 0.0994. The molecule has 0 aromatic heterocycles. The first-order valence-electron chi connectivity index (χ1n) is 6.36. The number of fused-ring (bicyclic) bond motifs is 1. The molecule has 1 aliphatic heterocycles. The van der Waals surface area contributed by atoms with Crippen LogP contribution in [-0.2, 0) is 10.0 Å². The highest BCUT2D eigenvalue weighted by molar-refractivity contribution is 7.89. The monoisotopic (exact) mass is 285 g/mol. The van der Waals surface area contributed by atoms with Gasteiger partial charge in [-0.3, -0.25) is 0 Å². The van der Waals surface area contributed by atoms with Crippen molar-refractivity contribution in [3.63, 3.8) is 0 Å². The van der Waals surface area contributed by atoms with Gasteiger partial charge in [-0.15, -0.1) is 0 Å². The lowest BCUT2D eigenvalue weighted by molar-refractivity contribution is 0.171. The molecular formula is C13H19NO4S. The minimum Gasteiger partial charge on any atom is -0.486 e. The summed E-state index contributed by atoms with van der Waals surface area (Å²) < 4.78 is 38.1. The first-order chi connectivity index (χ1) is 8.94. The van der Waals surface area contributed by atoms with Gasteiger partial charge in [0.25, 0.3) is 0 Å². The molecule has 1 aromatic rings. The summed E-state index contributed by atoms with van der Waals surface area (Å²) in [6.45, 7) is 6.45. The van der Waals surface area contributed by atoms with E-state index >= 15 is 0 Å². The van der Waals surface area contributed by atoms with Crippen LogP contribution in [0, 0.1) is 6.92 Å². The molecule has 1 heterocycles. The Hall–Kier alpha value is -1.27. The summed E-state index contributed by atoms with van der Waals surface area (Å²) in [5.74, 6) is 1.09. The van der Waals surface area contributed by atoms with Gasteiger partial charge in [0, 0.05) is 12.1 Å². The van der Waals surface area contributed by atoms with Crippen LogP contribution in [0.3, 0.4) is 0 Å². The zero-order chi connectivity index (χ0) is 14.0. The van der Waals surface area contributed by atoms with Gasteiger partial charge in [-0.1, -0.05) is 6.92 Å². The maximum Gasteiger partial charge on any atom is 0.241 e. The summed E-state index contributed by atoms with van der Waals surface area (Å²) in [5.41, 5.74) is 0.653. The molecule has 0 spiro atoms. The van der Waals surface area contributed by atoms with Crippen LogP contribution in [0.25, 0.3) is 0 Å². The minimum atomic E-state index is -3.52. The van der Waals surface area contributed by atoms with Gasteiger partial charge in [0.1, 0.15) is 13.2 Å². The molecule has 106 valence electrons. The van der Waals surface area contributed by atoms with E-state index in [0.29, 0.717) is 30.3 Å². The van der Waals surface area contributed by atoms with Crippen molar-refractivity contribution in [3.05, 3.63) is 17.7 Å². The predicted octanol–water partition coefficient (Wildman–Crippen LogP) is 1.84. The number of benzene rings is 1. The molecule has 0 radical (unpaired) electrons. The van der Waals surface area contributed by atoms with Crippen LogP contribution in [0.15, 0.2) is 17.0 Å². The Balaban J connectivity index is 2.39. The summed E-state index contributed by atoms with van der Waals surface area (Å²) in [7, 11) is -3.52. The average Bonchev–Trinajstić information content (AvgIpc) is 2.37. The molecule has 0 amide bonds. The van der Waals surface area contributed by atoms with E-state index in [9.17, 15) is 8.42 Å². The third-order valence-corrected chi connectivity index (χ3v) is 4.83. The fourth-order valence-electron chi connectivity index (χ4n) is 1.87. The molecule has 5 nitrogen and oxygen atoms in total. The van der Waals surface area contributed by atoms with Crippen LogP contribution in [0.5, 0.6) is 11.5 Å². The molecule has 0 aliphatic carbocycles. The summed E-state index contributed by atoms with van der Waals surface area (Å²) >= 11 is 0. The van der Waals surface area contributed by atoms with E-state index in [1.54, 1.807) is 13.0 Å². The molecule has 1 unspecified atom stereocenters. The maximum absolute atomic E-state index is 12.3. The second kappa shape index (κ2) is 5.38. The first kappa shape index (κ1) is 14.1. The van der Waals surface area contributed by atoms with Gasteiger partial charge in [-0.05, 0) is 31.9 Å². The highest BCUT2D eigenvalue weighted by atomic mass is 32.2. The van der Waals surface area contributed by atoms with Crippen LogP contribution in [0.1, 0.15) is 25.8 Å². The third-order valence-electron chi connectivity index (χ3n) is 3.10. The fourth-order valence-corrected chi connectivity index (χ4v) is 3.44. The summed E-state index contributed by atoms with van der Waals surface area (Å²) in [6, 6.07) is 3.14. The standard InChI is InChI=1S/C13H19NO4S/c1-4-10(3)14-19(15,16)13-8-12-11(7-9(13)2)17-5-6-18-12/h7-8,10,14H,4-6H2,1-3H3. The second-order valence-electron chi connectivity index (χ2n) is 4.69. The molecule has 0 saturated heterocycles. The van der Waals surface area contributed by atoms with E-state index < -0.39 is 10.0 Å². The molecule has 1 aliphatic rings. The van der Waals surface area contributed by atoms with Crippen molar-refractivity contribution >= 4 is 10.0 Å². The summed E-state index contributed by atoms with van der Waals surface area (Å²) in [5, 5.41) is 0. The normalized spacial score (nSPS) is 16.2. The van der Waals surface area contributed by atoms with Gasteiger partial charge >= 0.3 is 0 Å². The summed E-state index contributed by atoms with van der Waals surface area (Å²) in [6.07, 6.45) is 0.739. The zero-order valence-corrected chi connectivity index (χ0v) is 12.2. The van der Waals surface area contributed by atoms with Gasteiger partial charge in [0.2, 0.25) is 10.0 Å². The van der Waals surface area contributed by atoms with Crippen molar-refractivity contribution in [1.82, 2.24) is 4.72 Å². The van der Waals surface area contributed by atoms with Gasteiger partial charge < -0.3 is 9.47 Å². The molecule has 6 heteroatoms. The Morgan fingerprint density at radius 2 is 1.84 bits per heavy atom. The van der Waals surface area contributed by atoms with E-state index in [4.69, 9.17) is 9.47 Å². The number of ether oxygens (including phenoxy) is 2. The molecule has 0 saturated carbocycles. The van der Waals surface area contributed by atoms with Crippen molar-refractivity contribution in [2.45, 2.75) is 38.1 Å².